The molecule has 2 aliphatic rings. The van der Waals surface area contributed by atoms with Crippen LogP contribution in [-0.2, 0) is 4.79 Å². The summed E-state index contributed by atoms with van der Waals surface area (Å²) in [6.07, 6.45) is 6.34. The van der Waals surface area contributed by atoms with Crippen LogP contribution in [0.4, 0.5) is 4.79 Å². The number of guanidine groups is 1. The lowest BCUT2D eigenvalue weighted by atomic mass is 10.1. The highest BCUT2D eigenvalue weighted by Crippen LogP contribution is 2.24. The van der Waals surface area contributed by atoms with Crippen molar-refractivity contribution in [3.05, 3.63) is 28.2 Å². The SMILES string of the molecule is CCCCCCCN1C(N/N=C/c2cc(Br)ccc2O)=NC2C1C(=O)NC(=O)N2C. The number of phenols is 1. The first-order valence-corrected chi connectivity index (χ1v) is 10.9. The summed E-state index contributed by atoms with van der Waals surface area (Å²) in [6.45, 7) is 2.80. The highest BCUT2D eigenvalue weighted by molar-refractivity contribution is 9.10. The first-order valence-electron chi connectivity index (χ1n) is 10.1. The number of carbonyl (C=O) groups is 2. The predicted molar refractivity (Wildman–Crippen MR) is 118 cm³/mol. The lowest BCUT2D eigenvalue weighted by Gasteiger charge is -2.36. The van der Waals surface area contributed by atoms with Gasteiger partial charge in [-0.15, -0.1) is 0 Å². The maximum absolute atomic E-state index is 12.5. The Hall–Kier alpha value is -2.62. The number of imide groups is 1. The molecule has 3 amide bonds. The molecule has 10 heteroatoms. The fraction of sp³-hybridized carbons (Fsp3) is 0.500. The molecule has 1 aromatic carbocycles. The van der Waals surface area contributed by atoms with Gasteiger partial charge < -0.3 is 14.9 Å². The van der Waals surface area contributed by atoms with Gasteiger partial charge in [0.2, 0.25) is 5.96 Å². The molecule has 1 saturated heterocycles. The van der Waals surface area contributed by atoms with Crippen molar-refractivity contribution in [2.75, 3.05) is 13.6 Å². The summed E-state index contributed by atoms with van der Waals surface area (Å²) < 4.78 is 0.816. The number of benzene rings is 1. The van der Waals surface area contributed by atoms with Crippen LogP contribution in [0.2, 0.25) is 0 Å². The maximum atomic E-state index is 12.5. The number of phenolic OH excluding ortho intramolecular Hbond substituents is 1. The lowest BCUT2D eigenvalue weighted by Crippen LogP contribution is -2.64. The van der Waals surface area contributed by atoms with Crippen LogP contribution < -0.4 is 10.7 Å². The number of hydrogen-bond acceptors (Lipinski definition) is 7. The van der Waals surface area contributed by atoms with Crippen molar-refractivity contribution < 1.29 is 14.7 Å². The second-order valence-corrected chi connectivity index (χ2v) is 8.31. The van der Waals surface area contributed by atoms with E-state index >= 15 is 0 Å². The zero-order chi connectivity index (χ0) is 21.7. The normalized spacial score (nSPS) is 21.1. The number of likely N-dealkylation sites (N-methyl/N-ethyl adjacent to an activating group) is 1. The molecular formula is C20H27BrN6O3. The van der Waals surface area contributed by atoms with Gasteiger partial charge >= 0.3 is 6.03 Å². The molecule has 3 rings (SSSR count). The number of unbranched alkanes of at least 4 members (excludes halogenated alkanes) is 4. The Bertz CT molecular complexity index is 859. The average molecular weight is 479 g/mol. The summed E-state index contributed by atoms with van der Waals surface area (Å²) in [6, 6.07) is 3.99. The van der Waals surface area contributed by atoms with E-state index < -0.39 is 18.2 Å². The molecule has 9 nitrogen and oxygen atoms in total. The minimum atomic E-state index is -0.598. The second kappa shape index (κ2) is 9.92. The summed E-state index contributed by atoms with van der Waals surface area (Å²) in [7, 11) is 1.62. The first-order chi connectivity index (χ1) is 14.4. The largest absolute Gasteiger partial charge is 0.507 e. The number of fused-ring (bicyclic) bond motifs is 1. The topological polar surface area (TPSA) is 110 Å². The molecule has 2 heterocycles. The van der Waals surface area contributed by atoms with Crippen molar-refractivity contribution in [2.24, 2.45) is 10.1 Å². The number of amides is 3. The molecule has 30 heavy (non-hydrogen) atoms. The number of urea groups is 1. The lowest BCUT2D eigenvalue weighted by molar-refractivity contribution is -0.127. The molecule has 0 spiro atoms. The molecule has 0 bridgehead atoms. The minimum absolute atomic E-state index is 0.100. The van der Waals surface area contributed by atoms with Gasteiger partial charge in [-0.25, -0.2) is 15.2 Å². The van der Waals surface area contributed by atoms with Crippen molar-refractivity contribution in [2.45, 2.75) is 51.2 Å². The van der Waals surface area contributed by atoms with Crippen LogP contribution in [0, 0.1) is 0 Å². The number of halogens is 1. The number of nitrogens with one attached hydrogen (secondary N) is 2. The molecule has 0 saturated carbocycles. The van der Waals surface area contributed by atoms with Gasteiger partial charge in [-0.3, -0.25) is 10.1 Å². The first kappa shape index (κ1) is 22.1. The Labute approximate surface area is 184 Å². The molecule has 1 fully saturated rings. The van der Waals surface area contributed by atoms with E-state index in [4.69, 9.17) is 0 Å². The Kier molecular flexibility index (Phi) is 7.30. The van der Waals surface area contributed by atoms with E-state index in [1.165, 1.54) is 17.5 Å². The van der Waals surface area contributed by atoms with Crippen LogP contribution in [0.1, 0.15) is 44.6 Å². The Morgan fingerprint density at radius 1 is 1.30 bits per heavy atom. The van der Waals surface area contributed by atoms with Gasteiger partial charge in [-0.1, -0.05) is 48.5 Å². The third-order valence-corrected chi connectivity index (χ3v) is 5.71. The van der Waals surface area contributed by atoms with Crippen molar-refractivity contribution in [3.63, 3.8) is 0 Å². The fourth-order valence-corrected chi connectivity index (χ4v) is 3.92. The molecule has 2 unspecified atom stereocenters. The number of nitrogens with zero attached hydrogens (tertiary/aromatic N) is 4. The number of rotatable bonds is 8. The minimum Gasteiger partial charge on any atom is -0.507 e. The predicted octanol–water partition coefficient (Wildman–Crippen LogP) is 2.60. The van der Waals surface area contributed by atoms with E-state index in [1.54, 1.807) is 25.2 Å². The molecule has 0 aromatic heterocycles. The molecule has 3 N–H and O–H groups in total. The number of aliphatic imine (C=N–C) groups is 1. The van der Waals surface area contributed by atoms with E-state index in [2.05, 4.69) is 43.7 Å². The quantitative estimate of drug-likeness (QED) is 0.302. The van der Waals surface area contributed by atoms with E-state index in [0.717, 1.165) is 30.2 Å². The number of aromatic hydroxyl groups is 1. The Morgan fingerprint density at radius 3 is 2.83 bits per heavy atom. The van der Waals surface area contributed by atoms with Gasteiger partial charge in [0.05, 0.1) is 6.21 Å². The third-order valence-electron chi connectivity index (χ3n) is 5.22. The van der Waals surface area contributed by atoms with Crippen LogP contribution in [-0.4, -0.2) is 64.8 Å². The van der Waals surface area contributed by atoms with Crippen LogP contribution in [0.3, 0.4) is 0 Å². The smallest absolute Gasteiger partial charge is 0.325 e. The molecule has 0 aliphatic carbocycles. The second-order valence-electron chi connectivity index (χ2n) is 7.40. The van der Waals surface area contributed by atoms with E-state index in [1.807, 2.05) is 4.90 Å². The molecule has 162 valence electrons. The zero-order valence-corrected chi connectivity index (χ0v) is 18.7. The summed E-state index contributed by atoms with van der Waals surface area (Å²) in [5, 5.41) is 16.5. The molecule has 2 aliphatic heterocycles. The van der Waals surface area contributed by atoms with Gasteiger partial charge in [-0.2, -0.15) is 5.10 Å². The van der Waals surface area contributed by atoms with Crippen molar-refractivity contribution in [1.82, 2.24) is 20.5 Å². The molecule has 1 aromatic rings. The standard InChI is InChI=1S/C20H27BrN6O3/c1-3-4-5-6-7-10-27-16-17(26(2)20(30)24-18(16)29)23-19(27)25-22-12-13-11-14(21)8-9-15(13)28/h8-9,11-12,16-17,28H,3-7,10H2,1-2H3,(H,23,25)(H,24,29,30)/b22-12+. The Morgan fingerprint density at radius 2 is 2.07 bits per heavy atom. The highest BCUT2D eigenvalue weighted by atomic mass is 79.9. The number of hydrazone groups is 1. The van der Waals surface area contributed by atoms with Crippen LogP contribution in [0.15, 0.2) is 32.8 Å². The van der Waals surface area contributed by atoms with Crippen molar-refractivity contribution in [3.8, 4) is 5.75 Å². The summed E-state index contributed by atoms with van der Waals surface area (Å²) in [4.78, 5) is 32.4. The van der Waals surface area contributed by atoms with Gasteiger partial charge in [0.25, 0.3) is 5.91 Å². The summed E-state index contributed by atoms with van der Waals surface area (Å²) >= 11 is 3.36. The average Bonchev–Trinajstić information content (AvgIpc) is 3.08. The highest BCUT2D eigenvalue weighted by Gasteiger charge is 2.48. The van der Waals surface area contributed by atoms with Gasteiger partial charge in [-0.05, 0) is 24.6 Å². The number of carbonyl (C=O) groups excluding carboxylic acids is 2. The molecule has 2 atom stereocenters. The van der Waals surface area contributed by atoms with E-state index in [-0.39, 0.29) is 11.7 Å². The van der Waals surface area contributed by atoms with Crippen LogP contribution in [0.5, 0.6) is 5.75 Å². The zero-order valence-electron chi connectivity index (χ0n) is 17.1. The summed E-state index contributed by atoms with van der Waals surface area (Å²) in [5.41, 5.74) is 3.42. The van der Waals surface area contributed by atoms with Crippen LogP contribution >= 0.6 is 15.9 Å². The van der Waals surface area contributed by atoms with E-state index in [0.29, 0.717) is 18.1 Å². The maximum Gasteiger partial charge on any atom is 0.325 e. The van der Waals surface area contributed by atoms with Gasteiger partial charge in [0, 0.05) is 23.6 Å². The van der Waals surface area contributed by atoms with Crippen molar-refractivity contribution in [1.29, 1.82) is 0 Å². The van der Waals surface area contributed by atoms with Gasteiger partial charge in [0.1, 0.15) is 5.75 Å². The Balaban J connectivity index is 1.74. The van der Waals surface area contributed by atoms with E-state index in [9.17, 15) is 14.7 Å². The molecular weight excluding hydrogens is 452 g/mol. The molecule has 0 radical (unpaired) electrons. The van der Waals surface area contributed by atoms with Crippen LogP contribution in [0.25, 0.3) is 0 Å². The van der Waals surface area contributed by atoms with Gasteiger partial charge in [0.15, 0.2) is 12.2 Å². The third kappa shape index (κ3) is 4.92. The summed E-state index contributed by atoms with van der Waals surface area (Å²) in [5.74, 6) is 0.178. The number of hydrogen-bond donors (Lipinski definition) is 3. The van der Waals surface area contributed by atoms with Crippen molar-refractivity contribution >= 4 is 40.0 Å². The monoisotopic (exact) mass is 478 g/mol. The fourth-order valence-electron chi connectivity index (χ4n) is 3.54.